The molecule has 2 rings (SSSR count). The Labute approximate surface area is 173 Å². The van der Waals surface area contributed by atoms with Gasteiger partial charge in [0, 0.05) is 29.9 Å². The van der Waals surface area contributed by atoms with E-state index in [2.05, 4.69) is 5.32 Å². The highest BCUT2D eigenvalue weighted by molar-refractivity contribution is 6.34. The van der Waals surface area contributed by atoms with Crippen molar-refractivity contribution in [2.24, 2.45) is 0 Å². The molecule has 1 N–H and O–H groups in total. The summed E-state index contributed by atoms with van der Waals surface area (Å²) in [4.78, 5) is 26.1. The number of carbonyl (C=O) groups is 2. The van der Waals surface area contributed by atoms with Gasteiger partial charge in [-0.1, -0.05) is 34.8 Å². The third-order valence-corrected chi connectivity index (χ3v) is 4.65. The van der Waals surface area contributed by atoms with Crippen LogP contribution in [0, 0.1) is 0 Å². The average Bonchev–Trinajstić information content (AvgIpc) is 2.63. The van der Waals surface area contributed by atoms with Crippen LogP contribution in [0.15, 0.2) is 36.4 Å². The molecule has 0 atom stereocenters. The molecule has 0 aliphatic carbocycles. The van der Waals surface area contributed by atoms with Gasteiger partial charge in [0.1, 0.15) is 5.75 Å². The quantitative estimate of drug-likeness (QED) is 0.662. The zero-order chi connectivity index (χ0) is 20.0. The molecule has 2 aromatic carbocycles. The maximum absolute atomic E-state index is 12.4. The van der Waals surface area contributed by atoms with Crippen molar-refractivity contribution in [3.8, 4) is 5.75 Å². The van der Waals surface area contributed by atoms with Crippen LogP contribution in [0.25, 0.3) is 0 Å². The van der Waals surface area contributed by atoms with Gasteiger partial charge in [0.05, 0.1) is 15.6 Å². The molecule has 0 saturated carbocycles. The second kappa shape index (κ2) is 9.83. The van der Waals surface area contributed by atoms with E-state index in [9.17, 15) is 9.59 Å². The molecule has 0 heterocycles. The van der Waals surface area contributed by atoms with Crippen molar-refractivity contribution >= 4 is 52.3 Å². The Morgan fingerprint density at radius 2 is 1.70 bits per heavy atom. The number of ether oxygens (including phenoxy) is 1. The Hall–Kier alpha value is -1.95. The van der Waals surface area contributed by atoms with Crippen molar-refractivity contribution < 1.29 is 14.3 Å². The first kappa shape index (κ1) is 21.4. The minimum absolute atomic E-state index is 0.151. The van der Waals surface area contributed by atoms with Crippen molar-refractivity contribution in [1.82, 2.24) is 4.90 Å². The van der Waals surface area contributed by atoms with Crippen LogP contribution in [-0.4, -0.2) is 36.4 Å². The fourth-order valence-electron chi connectivity index (χ4n) is 2.38. The second-order valence-electron chi connectivity index (χ2n) is 5.58. The molecule has 8 heteroatoms. The molecule has 0 bridgehead atoms. The van der Waals surface area contributed by atoms with Crippen LogP contribution in [0.1, 0.15) is 24.2 Å². The summed E-state index contributed by atoms with van der Waals surface area (Å²) in [5.41, 5.74) is 0.849. The van der Waals surface area contributed by atoms with Gasteiger partial charge in [0.15, 0.2) is 6.61 Å². The van der Waals surface area contributed by atoms with E-state index in [-0.39, 0.29) is 17.5 Å². The van der Waals surface area contributed by atoms with E-state index in [1.165, 1.54) is 12.1 Å². The second-order valence-corrected chi connectivity index (χ2v) is 6.83. The largest absolute Gasteiger partial charge is 0.482 e. The van der Waals surface area contributed by atoms with Gasteiger partial charge in [-0.05, 0) is 44.2 Å². The average molecular weight is 430 g/mol. The number of anilines is 1. The minimum Gasteiger partial charge on any atom is -0.482 e. The van der Waals surface area contributed by atoms with Gasteiger partial charge in [-0.2, -0.15) is 0 Å². The summed E-state index contributed by atoms with van der Waals surface area (Å²) in [6, 6.07) is 9.48. The molecule has 2 aromatic rings. The van der Waals surface area contributed by atoms with Crippen LogP contribution in [0.2, 0.25) is 15.1 Å². The Kier molecular flexibility index (Phi) is 7.78. The first-order valence-electron chi connectivity index (χ1n) is 8.32. The van der Waals surface area contributed by atoms with Crippen LogP contribution < -0.4 is 10.1 Å². The van der Waals surface area contributed by atoms with Gasteiger partial charge in [-0.15, -0.1) is 0 Å². The van der Waals surface area contributed by atoms with Gasteiger partial charge < -0.3 is 15.0 Å². The third kappa shape index (κ3) is 5.76. The summed E-state index contributed by atoms with van der Waals surface area (Å²) >= 11 is 18.1. The molecule has 0 aromatic heterocycles. The Balaban J connectivity index is 2.01. The molecule has 27 heavy (non-hydrogen) atoms. The smallest absolute Gasteiger partial charge is 0.262 e. The lowest BCUT2D eigenvalue weighted by atomic mass is 10.1. The summed E-state index contributed by atoms with van der Waals surface area (Å²) in [7, 11) is 0. The lowest BCUT2D eigenvalue weighted by Gasteiger charge is -2.19. The minimum atomic E-state index is -0.398. The predicted octanol–water partition coefficient (Wildman–Crippen LogP) is 5.15. The maximum Gasteiger partial charge on any atom is 0.262 e. The van der Waals surface area contributed by atoms with Gasteiger partial charge in [0.2, 0.25) is 0 Å². The first-order chi connectivity index (χ1) is 12.8. The lowest BCUT2D eigenvalue weighted by molar-refractivity contribution is -0.118. The Morgan fingerprint density at radius 1 is 1.00 bits per heavy atom. The van der Waals surface area contributed by atoms with E-state index in [1.807, 2.05) is 13.8 Å². The number of benzene rings is 2. The van der Waals surface area contributed by atoms with Crippen molar-refractivity contribution in [3.05, 3.63) is 57.0 Å². The standard InChI is InChI=1S/C19H19Cl3N2O3/c1-3-24(4-2)19(26)14-7-6-13(10-16(14)22)23-18(25)11-27-17-9-12(20)5-8-15(17)21/h5-10H,3-4,11H2,1-2H3,(H,23,25). The molecule has 0 unspecified atom stereocenters. The molecule has 0 aliphatic heterocycles. The van der Waals surface area contributed by atoms with Gasteiger partial charge in [-0.3, -0.25) is 9.59 Å². The van der Waals surface area contributed by atoms with E-state index in [1.54, 1.807) is 29.2 Å². The van der Waals surface area contributed by atoms with Crippen LogP contribution in [0.5, 0.6) is 5.75 Å². The molecule has 0 aliphatic rings. The topological polar surface area (TPSA) is 58.6 Å². The van der Waals surface area contributed by atoms with Crippen LogP contribution >= 0.6 is 34.8 Å². The molecular formula is C19H19Cl3N2O3. The number of nitrogens with zero attached hydrogens (tertiary/aromatic N) is 1. The first-order valence-corrected chi connectivity index (χ1v) is 9.45. The van der Waals surface area contributed by atoms with Gasteiger partial charge in [-0.25, -0.2) is 0 Å². The third-order valence-electron chi connectivity index (χ3n) is 3.79. The summed E-state index contributed by atoms with van der Waals surface area (Å²) in [6.07, 6.45) is 0. The summed E-state index contributed by atoms with van der Waals surface area (Å²) in [6.45, 7) is 4.73. The number of nitrogens with one attached hydrogen (secondary N) is 1. The van der Waals surface area contributed by atoms with Crippen LogP contribution in [-0.2, 0) is 4.79 Å². The van der Waals surface area contributed by atoms with Crippen LogP contribution in [0.4, 0.5) is 5.69 Å². The molecule has 144 valence electrons. The summed E-state index contributed by atoms with van der Waals surface area (Å²) in [5.74, 6) is -0.232. The normalized spacial score (nSPS) is 10.4. The molecule has 2 amide bonds. The van der Waals surface area contributed by atoms with Gasteiger partial charge >= 0.3 is 0 Å². The lowest BCUT2D eigenvalue weighted by Crippen LogP contribution is -2.30. The number of amides is 2. The van der Waals surface area contributed by atoms with E-state index in [4.69, 9.17) is 39.5 Å². The number of halogens is 3. The van der Waals surface area contributed by atoms with E-state index in [0.29, 0.717) is 40.1 Å². The highest BCUT2D eigenvalue weighted by atomic mass is 35.5. The zero-order valence-electron chi connectivity index (χ0n) is 14.9. The molecule has 5 nitrogen and oxygen atoms in total. The van der Waals surface area contributed by atoms with E-state index < -0.39 is 5.91 Å². The summed E-state index contributed by atoms with van der Waals surface area (Å²) < 4.78 is 5.38. The van der Waals surface area contributed by atoms with Crippen molar-refractivity contribution in [2.45, 2.75) is 13.8 Å². The Bertz CT molecular complexity index is 839. The Morgan fingerprint density at radius 3 is 2.33 bits per heavy atom. The number of hydrogen-bond donors (Lipinski definition) is 1. The zero-order valence-corrected chi connectivity index (χ0v) is 17.2. The maximum atomic E-state index is 12.4. The number of carbonyl (C=O) groups excluding carboxylic acids is 2. The van der Waals surface area contributed by atoms with E-state index >= 15 is 0 Å². The molecule has 0 spiro atoms. The predicted molar refractivity (Wildman–Crippen MR) is 109 cm³/mol. The fraction of sp³-hybridized carbons (Fsp3) is 0.263. The van der Waals surface area contributed by atoms with E-state index in [0.717, 1.165) is 0 Å². The molecular weight excluding hydrogens is 411 g/mol. The highest BCUT2D eigenvalue weighted by Gasteiger charge is 2.16. The fourth-order valence-corrected chi connectivity index (χ4v) is 2.97. The highest BCUT2D eigenvalue weighted by Crippen LogP contribution is 2.28. The van der Waals surface area contributed by atoms with Crippen molar-refractivity contribution in [3.63, 3.8) is 0 Å². The van der Waals surface area contributed by atoms with Crippen molar-refractivity contribution in [2.75, 3.05) is 25.0 Å². The molecule has 0 radical (unpaired) electrons. The SMILES string of the molecule is CCN(CC)C(=O)c1ccc(NC(=O)COc2cc(Cl)ccc2Cl)cc1Cl. The van der Waals surface area contributed by atoms with Crippen molar-refractivity contribution in [1.29, 1.82) is 0 Å². The number of hydrogen-bond acceptors (Lipinski definition) is 3. The summed E-state index contributed by atoms with van der Waals surface area (Å²) in [5, 5.41) is 3.74. The monoisotopic (exact) mass is 428 g/mol. The number of rotatable bonds is 7. The van der Waals surface area contributed by atoms with Gasteiger partial charge in [0.25, 0.3) is 11.8 Å². The van der Waals surface area contributed by atoms with Crippen LogP contribution in [0.3, 0.4) is 0 Å². The molecule has 0 fully saturated rings. The molecule has 0 saturated heterocycles.